The largest absolute Gasteiger partial charge is 0.384 e. The molecule has 102 valence electrons. The van der Waals surface area contributed by atoms with Gasteiger partial charge in [0.2, 0.25) is 0 Å². The van der Waals surface area contributed by atoms with Crippen LogP contribution in [-0.2, 0) is 11.3 Å². The van der Waals surface area contributed by atoms with Gasteiger partial charge in [0.1, 0.15) is 18.2 Å². The highest BCUT2D eigenvalue weighted by Crippen LogP contribution is 2.09. The standard InChI is InChI=1S/C12H22N4OS/c1-17-9-12-15-10(13)8-11(16-12)14-6-4-3-5-7-18-2/h8H,3-7,9H2,1-2H3,(H3,13,14,15,16). The van der Waals surface area contributed by atoms with Gasteiger partial charge >= 0.3 is 0 Å². The van der Waals surface area contributed by atoms with Crippen molar-refractivity contribution in [1.29, 1.82) is 0 Å². The van der Waals surface area contributed by atoms with Gasteiger partial charge in [-0.15, -0.1) is 0 Å². The van der Waals surface area contributed by atoms with Gasteiger partial charge in [0.25, 0.3) is 0 Å². The number of rotatable bonds is 9. The van der Waals surface area contributed by atoms with Crippen LogP contribution in [0, 0.1) is 0 Å². The van der Waals surface area contributed by atoms with Gasteiger partial charge in [0.15, 0.2) is 5.82 Å². The molecule has 0 saturated carbocycles. The molecule has 0 aliphatic heterocycles. The number of unbranched alkanes of at least 4 members (excludes halogenated alkanes) is 2. The van der Waals surface area contributed by atoms with Crippen LogP contribution in [-0.4, -0.2) is 35.6 Å². The molecule has 6 heteroatoms. The second-order valence-corrected chi connectivity index (χ2v) is 4.99. The summed E-state index contributed by atoms with van der Waals surface area (Å²) in [4.78, 5) is 8.42. The number of ether oxygens (including phenoxy) is 1. The Labute approximate surface area is 113 Å². The first kappa shape index (κ1) is 15.0. The molecule has 0 atom stereocenters. The van der Waals surface area contributed by atoms with Gasteiger partial charge in [-0.05, 0) is 24.9 Å². The van der Waals surface area contributed by atoms with Crippen LogP contribution >= 0.6 is 11.8 Å². The van der Waals surface area contributed by atoms with E-state index in [0.717, 1.165) is 18.8 Å². The average Bonchev–Trinajstić information content (AvgIpc) is 2.33. The minimum atomic E-state index is 0.382. The van der Waals surface area contributed by atoms with Gasteiger partial charge in [0.05, 0.1) is 0 Å². The summed E-state index contributed by atoms with van der Waals surface area (Å²) in [6.45, 7) is 1.30. The third-order valence-corrected chi connectivity index (χ3v) is 3.09. The number of anilines is 2. The fraction of sp³-hybridized carbons (Fsp3) is 0.667. The van der Waals surface area contributed by atoms with Crippen LogP contribution in [0.15, 0.2) is 6.07 Å². The quantitative estimate of drug-likeness (QED) is 0.670. The summed E-state index contributed by atoms with van der Waals surface area (Å²) in [6.07, 6.45) is 5.78. The van der Waals surface area contributed by atoms with Crippen LogP contribution in [0.25, 0.3) is 0 Å². The normalized spacial score (nSPS) is 10.6. The van der Waals surface area contributed by atoms with E-state index in [1.165, 1.54) is 18.6 Å². The van der Waals surface area contributed by atoms with Crippen LogP contribution in [0.3, 0.4) is 0 Å². The Bertz CT molecular complexity index is 349. The summed E-state index contributed by atoms with van der Waals surface area (Å²) >= 11 is 1.89. The van der Waals surface area contributed by atoms with Gasteiger partial charge in [0, 0.05) is 19.7 Å². The van der Waals surface area contributed by atoms with Crippen molar-refractivity contribution in [2.45, 2.75) is 25.9 Å². The Morgan fingerprint density at radius 3 is 2.89 bits per heavy atom. The van der Waals surface area contributed by atoms with E-state index in [1.54, 1.807) is 13.2 Å². The van der Waals surface area contributed by atoms with Gasteiger partial charge in [-0.25, -0.2) is 9.97 Å². The maximum Gasteiger partial charge on any atom is 0.158 e. The Morgan fingerprint density at radius 2 is 2.17 bits per heavy atom. The van der Waals surface area contributed by atoms with Crippen molar-refractivity contribution in [1.82, 2.24) is 9.97 Å². The maximum atomic E-state index is 5.71. The number of nitrogens with zero attached hydrogens (tertiary/aromatic N) is 2. The summed E-state index contributed by atoms with van der Waals surface area (Å²) in [5.41, 5.74) is 5.71. The van der Waals surface area contributed by atoms with Crippen LogP contribution in [0.4, 0.5) is 11.6 Å². The lowest BCUT2D eigenvalue weighted by Gasteiger charge is -2.08. The molecular formula is C12H22N4OS. The van der Waals surface area contributed by atoms with E-state index >= 15 is 0 Å². The zero-order chi connectivity index (χ0) is 13.2. The number of methoxy groups -OCH3 is 1. The molecule has 0 radical (unpaired) electrons. The molecule has 0 aliphatic rings. The van der Waals surface area contributed by atoms with Crippen molar-refractivity contribution in [3.8, 4) is 0 Å². The molecule has 0 spiro atoms. The van der Waals surface area contributed by atoms with Crippen LogP contribution in [0.2, 0.25) is 0 Å². The van der Waals surface area contributed by atoms with Gasteiger partial charge in [-0.3, -0.25) is 0 Å². The minimum Gasteiger partial charge on any atom is -0.384 e. The van der Waals surface area contributed by atoms with Crippen molar-refractivity contribution in [3.63, 3.8) is 0 Å². The van der Waals surface area contributed by atoms with E-state index in [9.17, 15) is 0 Å². The van der Waals surface area contributed by atoms with Crippen molar-refractivity contribution in [2.24, 2.45) is 0 Å². The van der Waals surface area contributed by atoms with E-state index in [2.05, 4.69) is 21.5 Å². The number of aromatic nitrogens is 2. The SMILES string of the molecule is COCc1nc(N)cc(NCCCCCSC)n1. The first-order valence-corrected chi connectivity index (χ1v) is 7.51. The summed E-state index contributed by atoms with van der Waals surface area (Å²) in [7, 11) is 1.62. The topological polar surface area (TPSA) is 73.1 Å². The van der Waals surface area contributed by atoms with E-state index in [0.29, 0.717) is 18.2 Å². The molecule has 1 aromatic rings. The number of thioether (sulfide) groups is 1. The minimum absolute atomic E-state index is 0.382. The Morgan fingerprint density at radius 1 is 1.33 bits per heavy atom. The zero-order valence-corrected chi connectivity index (χ0v) is 11.9. The van der Waals surface area contributed by atoms with Crippen molar-refractivity contribution >= 4 is 23.4 Å². The van der Waals surface area contributed by atoms with Gasteiger partial charge < -0.3 is 15.8 Å². The monoisotopic (exact) mass is 270 g/mol. The fourth-order valence-electron chi connectivity index (χ4n) is 1.57. The number of nitrogens with one attached hydrogen (secondary N) is 1. The predicted molar refractivity (Wildman–Crippen MR) is 77.9 cm³/mol. The molecule has 0 amide bonds. The second kappa shape index (κ2) is 8.99. The summed E-state index contributed by atoms with van der Waals surface area (Å²) in [6, 6.07) is 1.75. The lowest BCUT2D eigenvalue weighted by Crippen LogP contribution is -2.08. The van der Waals surface area contributed by atoms with E-state index in [4.69, 9.17) is 10.5 Å². The summed E-state index contributed by atoms with van der Waals surface area (Å²) in [5, 5.41) is 3.27. The maximum absolute atomic E-state index is 5.71. The van der Waals surface area contributed by atoms with E-state index in [1.807, 2.05) is 11.8 Å². The second-order valence-electron chi connectivity index (χ2n) is 4.01. The molecule has 5 nitrogen and oxygen atoms in total. The molecule has 0 bridgehead atoms. The number of hydrogen-bond acceptors (Lipinski definition) is 6. The summed E-state index contributed by atoms with van der Waals surface area (Å²) < 4.78 is 5.00. The Kier molecular flexibility index (Phi) is 7.52. The molecule has 0 unspecified atom stereocenters. The summed E-state index contributed by atoms with van der Waals surface area (Å²) in [5.74, 6) is 3.10. The van der Waals surface area contributed by atoms with Gasteiger partial charge in [-0.2, -0.15) is 11.8 Å². The highest BCUT2D eigenvalue weighted by Gasteiger charge is 2.01. The van der Waals surface area contributed by atoms with Crippen LogP contribution < -0.4 is 11.1 Å². The fourth-order valence-corrected chi connectivity index (χ4v) is 2.06. The number of hydrogen-bond donors (Lipinski definition) is 2. The Hall–Kier alpha value is -1.01. The van der Waals surface area contributed by atoms with Crippen molar-refractivity contribution in [2.75, 3.05) is 36.7 Å². The first-order chi connectivity index (χ1) is 8.76. The van der Waals surface area contributed by atoms with Crippen LogP contribution in [0.5, 0.6) is 0 Å². The molecule has 1 aromatic heterocycles. The van der Waals surface area contributed by atoms with E-state index in [-0.39, 0.29) is 0 Å². The molecule has 0 saturated heterocycles. The molecule has 0 aliphatic carbocycles. The average molecular weight is 270 g/mol. The van der Waals surface area contributed by atoms with Crippen molar-refractivity contribution < 1.29 is 4.74 Å². The zero-order valence-electron chi connectivity index (χ0n) is 11.1. The lowest BCUT2D eigenvalue weighted by atomic mass is 10.2. The third kappa shape index (κ3) is 6.07. The van der Waals surface area contributed by atoms with Crippen LogP contribution in [0.1, 0.15) is 25.1 Å². The number of nitrogen functional groups attached to an aromatic ring is 1. The Balaban J connectivity index is 2.32. The molecule has 18 heavy (non-hydrogen) atoms. The van der Waals surface area contributed by atoms with E-state index < -0.39 is 0 Å². The predicted octanol–water partition coefficient (Wildman–Crippen LogP) is 2.15. The molecular weight excluding hydrogens is 248 g/mol. The highest BCUT2D eigenvalue weighted by atomic mass is 32.2. The molecule has 1 rings (SSSR count). The third-order valence-electron chi connectivity index (χ3n) is 2.40. The van der Waals surface area contributed by atoms with Crippen molar-refractivity contribution in [3.05, 3.63) is 11.9 Å². The number of nitrogens with two attached hydrogens (primary N) is 1. The smallest absolute Gasteiger partial charge is 0.158 e. The van der Waals surface area contributed by atoms with Gasteiger partial charge in [-0.1, -0.05) is 6.42 Å². The molecule has 3 N–H and O–H groups in total. The molecule has 0 aromatic carbocycles. The highest BCUT2D eigenvalue weighted by molar-refractivity contribution is 7.98. The molecule has 1 heterocycles. The molecule has 0 fully saturated rings. The lowest BCUT2D eigenvalue weighted by molar-refractivity contribution is 0.178. The first-order valence-electron chi connectivity index (χ1n) is 6.11.